The van der Waals surface area contributed by atoms with Crippen molar-refractivity contribution in [3.05, 3.63) is 47.3 Å². The van der Waals surface area contributed by atoms with E-state index in [1.54, 1.807) is 6.20 Å². The van der Waals surface area contributed by atoms with Crippen LogP contribution < -0.4 is 10.6 Å². The molecule has 5 nitrogen and oxygen atoms in total. The van der Waals surface area contributed by atoms with Crippen LogP contribution in [0.25, 0.3) is 0 Å². The van der Waals surface area contributed by atoms with E-state index in [4.69, 9.17) is 0 Å². The van der Waals surface area contributed by atoms with Crippen LogP contribution in [0.2, 0.25) is 0 Å². The van der Waals surface area contributed by atoms with Gasteiger partial charge in [-0.15, -0.1) is 0 Å². The van der Waals surface area contributed by atoms with Crippen molar-refractivity contribution in [2.75, 3.05) is 5.32 Å². The summed E-state index contributed by atoms with van der Waals surface area (Å²) in [7, 11) is 1.90. The molecule has 1 atom stereocenters. The quantitative estimate of drug-likeness (QED) is 0.903. The van der Waals surface area contributed by atoms with Crippen molar-refractivity contribution in [3.63, 3.8) is 0 Å². The van der Waals surface area contributed by atoms with Crippen LogP contribution in [0.15, 0.2) is 30.5 Å². The Morgan fingerprint density at radius 1 is 1.48 bits per heavy atom. The number of para-hydroxylation sites is 1. The number of anilines is 1. The third kappa shape index (κ3) is 2.77. The number of aryl methyl sites for hydroxylation is 2. The summed E-state index contributed by atoms with van der Waals surface area (Å²) in [6, 6.07) is 8.00. The Bertz CT molecular complexity index is 662. The molecule has 1 aliphatic rings. The minimum atomic E-state index is -0.156. The first-order valence-electron chi connectivity index (χ1n) is 7.25. The molecule has 110 valence electrons. The summed E-state index contributed by atoms with van der Waals surface area (Å²) < 4.78 is 1.82. The van der Waals surface area contributed by atoms with Crippen molar-refractivity contribution in [1.82, 2.24) is 15.1 Å². The van der Waals surface area contributed by atoms with E-state index in [0.29, 0.717) is 6.54 Å². The van der Waals surface area contributed by atoms with Gasteiger partial charge in [0.1, 0.15) is 6.04 Å². The van der Waals surface area contributed by atoms with Crippen LogP contribution >= 0.6 is 0 Å². The molecule has 21 heavy (non-hydrogen) atoms. The molecule has 0 fully saturated rings. The highest BCUT2D eigenvalue weighted by Crippen LogP contribution is 2.24. The second-order valence-corrected chi connectivity index (χ2v) is 5.49. The van der Waals surface area contributed by atoms with Crippen molar-refractivity contribution in [3.8, 4) is 0 Å². The maximum absolute atomic E-state index is 12.3. The van der Waals surface area contributed by atoms with Gasteiger partial charge in [0.25, 0.3) is 0 Å². The Morgan fingerprint density at radius 3 is 3.05 bits per heavy atom. The molecule has 0 radical (unpaired) electrons. The highest BCUT2D eigenvalue weighted by molar-refractivity contribution is 5.85. The highest BCUT2D eigenvalue weighted by Gasteiger charge is 2.23. The predicted octanol–water partition coefficient (Wildman–Crippen LogP) is 1.77. The number of carbonyl (C=O) groups excluding carboxylic acids is 1. The van der Waals surface area contributed by atoms with Gasteiger partial charge in [-0.25, -0.2) is 0 Å². The van der Waals surface area contributed by atoms with Gasteiger partial charge in [-0.1, -0.05) is 18.2 Å². The monoisotopic (exact) mass is 284 g/mol. The fourth-order valence-corrected chi connectivity index (χ4v) is 2.66. The fourth-order valence-electron chi connectivity index (χ4n) is 2.66. The lowest BCUT2D eigenvalue weighted by molar-refractivity contribution is -0.122. The number of rotatable bonds is 3. The molecule has 1 aromatic carbocycles. The van der Waals surface area contributed by atoms with Gasteiger partial charge in [-0.3, -0.25) is 9.48 Å². The van der Waals surface area contributed by atoms with Crippen molar-refractivity contribution in [1.29, 1.82) is 0 Å². The lowest BCUT2D eigenvalue weighted by atomic mass is 9.97. The zero-order chi connectivity index (χ0) is 14.8. The Labute approximate surface area is 124 Å². The Balaban J connectivity index is 1.61. The van der Waals surface area contributed by atoms with Gasteiger partial charge in [0.05, 0.1) is 6.20 Å². The minimum absolute atomic E-state index is 0.0488. The van der Waals surface area contributed by atoms with Crippen molar-refractivity contribution in [2.24, 2.45) is 7.05 Å². The van der Waals surface area contributed by atoms with Gasteiger partial charge >= 0.3 is 0 Å². The van der Waals surface area contributed by atoms with E-state index in [-0.39, 0.29) is 11.9 Å². The van der Waals surface area contributed by atoms with E-state index in [0.717, 1.165) is 29.8 Å². The average molecular weight is 284 g/mol. The molecule has 3 rings (SSSR count). The molecule has 5 heteroatoms. The van der Waals surface area contributed by atoms with Crippen molar-refractivity contribution in [2.45, 2.75) is 32.4 Å². The molecule has 0 aliphatic carbocycles. The van der Waals surface area contributed by atoms with E-state index in [9.17, 15) is 4.79 Å². The molecule has 0 bridgehead atoms. The lowest BCUT2D eigenvalue weighted by Gasteiger charge is -2.26. The SMILES string of the molecule is Cc1c(CNC(=O)C2CCc3ccccc3N2)cnn1C. The first kappa shape index (κ1) is 13.7. The molecule has 1 amide bonds. The van der Waals surface area contributed by atoms with Crippen LogP contribution in [0.5, 0.6) is 0 Å². The number of amides is 1. The van der Waals surface area contributed by atoms with Gasteiger partial charge < -0.3 is 10.6 Å². The highest BCUT2D eigenvalue weighted by atomic mass is 16.2. The fraction of sp³-hybridized carbons (Fsp3) is 0.375. The summed E-state index contributed by atoms with van der Waals surface area (Å²) in [5.41, 5.74) is 4.49. The largest absolute Gasteiger partial charge is 0.373 e. The lowest BCUT2D eigenvalue weighted by Crippen LogP contribution is -2.41. The summed E-state index contributed by atoms with van der Waals surface area (Å²) in [4.78, 5) is 12.3. The smallest absolute Gasteiger partial charge is 0.242 e. The standard InChI is InChI=1S/C16H20N4O/c1-11-13(10-18-20(11)2)9-17-16(21)15-8-7-12-5-3-4-6-14(12)19-15/h3-6,10,15,19H,7-9H2,1-2H3,(H,17,21). The predicted molar refractivity (Wildman–Crippen MR) is 82.0 cm³/mol. The van der Waals surface area contributed by atoms with Crippen LogP contribution in [-0.2, 0) is 24.8 Å². The normalized spacial score (nSPS) is 17.0. The number of carbonyl (C=O) groups is 1. The Morgan fingerprint density at radius 2 is 2.29 bits per heavy atom. The van der Waals surface area contributed by atoms with Gasteiger partial charge in [0, 0.05) is 30.5 Å². The third-order valence-electron chi connectivity index (χ3n) is 4.16. The van der Waals surface area contributed by atoms with Crippen LogP contribution in [-0.4, -0.2) is 21.7 Å². The molecule has 1 aromatic heterocycles. The molecule has 0 saturated heterocycles. The molecule has 2 heterocycles. The van der Waals surface area contributed by atoms with Crippen LogP contribution in [0, 0.1) is 6.92 Å². The van der Waals surface area contributed by atoms with E-state index < -0.39 is 0 Å². The molecule has 2 N–H and O–H groups in total. The zero-order valence-electron chi connectivity index (χ0n) is 12.4. The Hall–Kier alpha value is -2.30. The summed E-state index contributed by atoms with van der Waals surface area (Å²) in [5, 5.41) is 10.5. The minimum Gasteiger partial charge on any atom is -0.373 e. The molecule has 0 saturated carbocycles. The first-order valence-corrected chi connectivity index (χ1v) is 7.25. The van der Waals surface area contributed by atoms with Gasteiger partial charge in [0.15, 0.2) is 0 Å². The van der Waals surface area contributed by atoms with E-state index in [1.165, 1.54) is 5.56 Å². The second-order valence-electron chi connectivity index (χ2n) is 5.49. The van der Waals surface area contributed by atoms with E-state index in [2.05, 4.69) is 21.8 Å². The summed E-state index contributed by atoms with van der Waals surface area (Å²) in [6.07, 6.45) is 3.57. The molecular formula is C16H20N4O. The Kier molecular flexibility index (Phi) is 3.64. The molecule has 1 unspecified atom stereocenters. The maximum Gasteiger partial charge on any atom is 0.242 e. The average Bonchev–Trinajstić information content (AvgIpc) is 2.84. The summed E-state index contributed by atoms with van der Waals surface area (Å²) in [6.45, 7) is 2.53. The van der Waals surface area contributed by atoms with Crippen LogP contribution in [0.1, 0.15) is 23.2 Å². The van der Waals surface area contributed by atoms with Crippen LogP contribution in [0.3, 0.4) is 0 Å². The number of hydrogen-bond donors (Lipinski definition) is 2. The number of nitrogens with one attached hydrogen (secondary N) is 2. The first-order chi connectivity index (χ1) is 10.1. The molecule has 0 spiro atoms. The van der Waals surface area contributed by atoms with E-state index >= 15 is 0 Å². The second kappa shape index (κ2) is 5.60. The van der Waals surface area contributed by atoms with Crippen molar-refractivity contribution >= 4 is 11.6 Å². The zero-order valence-corrected chi connectivity index (χ0v) is 12.4. The third-order valence-corrected chi connectivity index (χ3v) is 4.16. The van der Waals surface area contributed by atoms with Gasteiger partial charge in [0.2, 0.25) is 5.91 Å². The number of fused-ring (bicyclic) bond motifs is 1. The van der Waals surface area contributed by atoms with Crippen molar-refractivity contribution < 1.29 is 4.79 Å². The van der Waals surface area contributed by atoms with Gasteiger partial charge in [-0.2, -0.15) is 5.10 Å². The topological polar surface area (TPSA) is 59.0 Å². The maximum atomic E-state index is 12.3. The number of benzene rings is 1. The molecule has 2 aromatic rings. The number of hydrogen-bond acceptors (Lipinski definition) is 3. The molecule has 1 aliphatic heterocycles. The summed E-state index contributed by atoms with van der Waals surface area (Å²) >= 11 is 0. The number of nitrogens with zero attached hydrogens (tertiary/aromatic N) is 2. The van der Waals surface area contributed by atoms with Gasteiger partial charge in [-0.05, 0) is 31.4 Å². The van der Waals surface area contributed by atoms with Crippen LogP contribution in [0.4, 0.5) is 5.69 Å². The molecular weight excluding hydrogens is 264 g/mol. The summed E-state index contributed by atoms with van der Waals surface area (Å²) in [5.74, 6) is 0.0488. The number of aromatic nitrogens is 2. The van der Waals surface area contributed by atoms with E-state index in [1.807, 2.05) is 36.9 Å².